The molecule has 41 heavy (non-hydrogen) atoms. The Labute approximate surface area is 235 Å². The van der Waals surface area contributed by atoms with Crippen LogP contribution in [0, 0.1) is 26.9 Å². The number of nitrogens with zero attached hydrogens (tertiary/aromatic N) is 4. The van der Waals surface area contributed by atoms with E-state index >= 15 is 0 Å². The summed E-state index contributed by atoms with van der Waals surface area (Å²) in [6, 6.07) is 10.4. The highest BCUT2D eigenvalue weighted by atomic mass is 32.2. The summed E-state index contributed by atoms with van der Waals surface area (Å²) in [5.41, 5.74) is 4.20. The van der Waals surface area contributed by atoms with Crippen LogP contribution in [0.25, 0.3) is 0 Å². The molecule has 0 saturated carbocycles. The zero-order valence-electron chi connectivity index (χ0n) is 21.1. The molecule has 6 N–H and O–H groups in total. The number of aromatic carboxylic acids is 1. The van der Waals surface area contributed by atoms with Gasteiger partial charge in [-0.05, 0) is 42.3 Å². The number of rotatable bonds is 13. The van der Waals surface area contributed by atoms with Gasteiger partial charge in [0.25, 0.3) is 0 Å². The van der Waals surface area contributed by atoms with Crippen molar-refractivity contribution in [3.8, 4) is 35.3 Å². The molecule has 2 aromatic carbocycles. The number of aliphatic carboxylic acids is 1. The lowest BCUT2D eigenvalue weighted by Crippen LogP contribution is -2.28. The molecule has 0 spiro atoms. The number of anilines is 1. The minimum atomic E-state index is -1.56. The number of carboxylic acid groups (broad SMARTS) is 2. The van der Waals surface area contributed by atoms with Crippen LogP contribution in [0.5, 0.6) is 29.3 Å². The summed E-state index contributed by atoms with van der Waals surface area (Å²) in [4.78, 5) is 42.5. The number of nitro groups is 1. The first-order valence-electron chi connectivity index (χ1n) is 11.3. The zero-order chi connectivity index (χ0) is 30.1. The number of benzene rings is 2. The lowest BCUT2D eigenvalue weighted by Gasteiger charge is -2.16. The first kappa shape index (κ1) is 29.9. The van der Waals surface area contributed by atoms with E-state index in [4.69, 9.17) is 25.4 Å². The summed E-state index contributed by atoms with van der Waals surface area (Å²) in [7, 11) is 0. The van der Waals surface area contributed by atoms with Crippen LogP contribution in [0.3, 0.4) is 0 Å². The van der Waals surface area contributed by atoms with E-state index in [1.807, 2.05) is 0 Å². The first-order chi connectivity index (χ1) is 19.5. The Bertz CT molecular complexity index is 1540. The molecule has 0 radical (unpaired) electrons. The molecule has 3 aromatic rings. The third-order valence-corrected chi connectivity index (χ3v) is 5.61. The van der Waals surface area contributed by atoms with Crippen molar-refractivity contribution in [3.05, 3.63) is 63.7 Å². The molecular weight excluding hydrogens is 562 g/mol. The molecular formula is C24H21N7O9S. The summed E-state index contributed by atoms with van der Waals surface area (Å²) in [6.07, 6.45) is 0.126. The van der Waals surface area contributed by atoms with Crippen molar-refractivity contribution >= 4 is 41.0 Å². The highest BCUT2D eigenvalue weighted by Crippen LogP contribution is 2.40. The van der Waals surface area contributed by atoms with Gasteiger partial charge in [-0.2, -0.15) is 27.0 Å². The summed E-state index contributed by atoms with van der Waals surface area (Å²) in [6.45, 7) is 0. The van der Waals surface area contributed by atoms with Crippen molar-refractivity contribution in [1.82, 2.24) is 9.97 Å². The third-order valence-electron chi connectivity index (χ3n) is 4.97. The van der Waals surface area contributed by atoms with E-state index in [0.717, 1.165) is 12.1 Å². The Morgan fingerprint density at radius 1 is 1.22 bits per heavy atom. The second-order valence-corrected chi connectivity index (χ2v) is 8.83. The van der Waals surface area contributed by atoms with E-state index in [1.165, 1.54) is 36.0 Å². The van der Waals surface area contributed by atoms with E-state index in [9.17, 15) is 35.2 Å². The average molecular weight is 584 g/mol. The lowest BCUT2D eigenvalue weighted by atomic mass is 10.1. The molecule has 0 amide bonds. The number of carbonyl (C=O) groups is 2. The number of hydrogen-bond acceptors (Lipinski definition) is 12. The molecule has 16 nitrogen and oxygen atoms in total. The molecule has 0 saturated heterocycles. The SMILES string of the molecule is CSCCC(Oc1nc(Oc2cccc(NC(=N)N)c2)nc(Oc2cc(C#N)ccc2C(=O)O)c1[N+](=O)[O-])C(=O)O. The number of ether oxygens (including phenoxy) is 3. The summed E-state index contributed by atoms with van der Waals surface area (Å²) < 4.78 is 16.6. The smallest absolute Gasteiger partial charge is 0.392 e. The molecule has 1 aromatic heterocycles. The normalized spacial score (nSPS) is 11.0. The first-order valence-corrected chi connectivity index (χ1v) is 12.7. The minimum absolute atomic E-state index is 0.0209. The van der Waals surface area contributed by atoms with Gasteiger partial charge in [-0.1, -0.05) is 6.07 Å². The number of nitrogens with two attached hydrogens (primary N) is 1. The molecule has 0 aliphatic heterocycles. The van der Waals surface area contributed by atoms with Crippen LogP contribution in [0.2, 0.25) is 0 Å². The Morgan fingerprint density at radius 3 is 2.56 bits per heavy atom. The van der Waals surface area contributed by atoms with Crippen molar-refractivity contribution in [3.63, 3.8) is 0 Å². The number of hydrogen-bond donors (Lipinski definition) is 5. The highest BCUT2D eigenvalue weighted by molar-refractivity contribution is 7.98. The lowest BCUT2D eigenvalue weighted by molar-refractivity contribution is -0.387. The number of guanidine groups is 1. The van der Waals surface area contributed by atoms with Crippen LogP contribution in [0.15, 0.2) is 42.5 Å². The molecule has 1 atom stereocenters. The number of thioether (sulfide) groups is 1. The van der Waals surface area contributed by atoms with Gasteiger partial charge in [0.15, 0.2) is 12.1 Å². The van der Waals surface area contributed by atoms with Gasteiger partial charge in [-0.3, -0.25) is 15.5 Å². The van der Waals surface area contributed by atoms with Crippen LogP contribution >= 0.6 is 11.8 Å². The summed E-state index contributed by atoms with van der Waals surface area (Å²) in [5, 5.41) is 50.5. The Morgan fingerprint density at radius 2 is 1.95 bits per heavy atom. The summed E-state index contributed by atoms with van der Waals surface area (Å²) >= 11 is 1.32. The monoisotopic (exact) mass is 583 g/mol. The number of carboxylic acids is 2. The van der Waals surface area contributed by atoms with E-state index in [0.29, 0.717) is 11.4 Å². The van der Waals surface area contributed by atoms with Crippen LogP contribution in [0.1, 0.15) is 22.3 Å². The minimum Gasteiger partial charge on any atom is -0.479 e. The highest BCUT2D eigenvalue weighted by Gasteiger charge is 2.33. The number of nitrogens with one attached hydrogen (secondary N) is 2. The fourth-order valence-corrected chi connectivity index (χ4v) is 3.65. The van der Waals surface area contributed by atoms with Gasteiger partial charge in [0.1, 0.15) is 17.1 Å². The van der Waals surface area contributed by atoms with E-state index in [1.54, 1.807) is 18.4 Å². The maximum atomic E-state index is 12.1. The molecule has 212 valence electrons. The second kappa shape index (κ2) is 13.4. The average Bonchev–Trinajstić information content (AvgIpc) is 2.90. The van der Waals surface area contributed by atoms with Gasteiger partial charge in [-0.25, -0.2) is 9.59 Å². The van der Waals surface area contributed by atoms with E-state index in [2.05, 4.69) is 15.3 Å². The van der Waals surface area contributed by atoms with Gasteiger partial charge in [0, 0.05) is 18.2 Å². The maximum Gasteiger partial charge on any atom is 0.392 e. The summed E-state index contributed by atoms with van der Waals surface area (Å²) in [5.74, 6) is -4.99. The van der Waals surface area contributed by atoms with Crippen LogP contribution in [0.4, 0.5) is 11.4 Å². The van der Waals surface area contributed by atoms with Gasteiger partial charge in [0.05, 0.1) is 16.6 Å². The van der Waals surface area contributed by atoms with Crippen molar-refractivity contribution in [2.45, 2.75) is 12.5 Å². The molecule has 1 heterocycles. The van der Waals surface area contributed by atoms with E-state index < -0.39 is 57.7 Å². The van der Waals surface area contributed by atoms with Crippen molar-refractivity contribution < 1.29 is 38.9 Å². The Kier molecular flexibility index (Phi) is 9.81. The van der Waals surface area contributed by atoms with E-state index in [-0.39, 0.29) is 23.7 Å². The van der Waals surface area contributed by atoms with Crippen LogP contribution < -0.4 is 25.3 Å². The predicted octanol–water partition coefficient (Wildman–Crippen LogP) is 3.43. The van der Waals surface area contributed by atoms with Crippen molar-refractivity contribution in [2.75, 3.05) is 17.3 Å². The molecule has 0 aliphatic carbocycles. The van der Waals surface area contributed by atoms with Gasteiger partial charge >= 0.3 is 35.4 Å². The standard InChI is InChI=1S/C24H21N7O9S/c1-41-8-7-16(22(34)35)39-19-18(31(36)37)20(40-17-9-12(11-25)5-6-15(17)21(32)33)30-24(29-19)38-14-4-2-3-13(10-14)28-23(26)27/h2-6,9-10,16H,7-8H2,1H3,(H,32,33)(H,34,35)(H4,26,27,28). The van der Waals surface area contributed by atoms with Gasteiger partial charge in [0.2, 0.25) is 0 Å². The predicted molar refractivity (Wildman–Crippen MR) is 144 cm³/mol. The molecule has 17 heteroatoms. The molecule has 0 bridgehead atoms. The molecule has 0 aliphatic rings. The zero-order valence-corrected chi connectivity index (χ0v) is 21.9. The number of aromatic nitrogens is 2. The molecule has 0 fully saturated rings. The maximum absolute atomic E-state index is 12.1. The molecule has 3 rings (SSSR count). The van der Waals surface area contributed by atoms with Crippen LogP contribution in [-0.2, 0) is 4.79 Å². The topological polar surface area (TPSA) is 257 Å². The number of nitriles is 1. The molecule has 1 unspecified atom stereocenters. The van der Waals surface area contributed by atoms with Crippen LogP contribution in [-0.4, -0.2) is 61.1 Å². The Balaban J connectivity index is 2.18. The second-order valence-electron chi connectivity index (χ2n) is 7.85. The van der Waals surface area contributed by atoms with Crippen molar-refractivity contribution in [1.29, 1.82) is 10.7 Å². The fraction of sp³-hybridized carbons (Fsp3) is 0.167. The quantitative estimate of drug-likeness (QED) is 0.0835. The van der Waals surface area contributed by atoms with Gasteiger partial charge in [-0.15, -0.1) is 0 Å². The van der Waals surface area contributed by atoms with Crippen molar-refractivity contribution in [2.24, 2.45) is 5.73 Å². The largest absolute Gasteiger partial charge is 0.479 e. The van der Waals surface area contributed by atoms with Gasteiger partial charge < -0.3 is 35.5 Å². The fourth-order valence-electron chi connectivity index (χ4n) is 3.20. The third kappa shape index (κ3) is 7.93. The Hall–Kier alpha value is -5.63.